The van der Waals surface area contributed by atoms with Crippen molar-refractivity contribution in [1.82, 2.24) is 9.88 Å². The summed E-state index contributed by atoms with van der Waals surface area (Å²) in [6.07, 6.45) is -3.82. The number of rotatable bonds is 6. The van der Waals surface area contributed by atoms with Gasteiger partial charge in [-0.25, -0.2) is 0 Å². The van der Waals surface area contributed by atoms with Crippen LogP contribution in [0.1, 0.15) is 12.0 Å². The van der Waals surface area contributed by atoms with Crippen molar-refractivity contribution in [2.24, 2.45) is 0 Å². The maximum absolute atomic E-state index is 13.3. The summed E-state index contributed by atoms with van der Waals surface area (Å²) in [7, 11) is 3.88. The third kappa shape index (κ3) is 5.10. The molecule has 0 fully saturated rings. The molecule has 0 atom stereocenters. The topological polar surface area (TPSA) is 32.5 Å². The number of hydrogen-bond donors (Lipinski definition) is 0. The standard InChI is InChI=1S/C19H19ClF3N3O.ClH/c1-25(2)10-5-11-26(18-24-16-6-3-4-7-17(16)27-18)13-8-9-15(20)14(12-13)19(21,22)23;/h3-4,6-9,12H,5,10-11H2,1-2H3;1H. The molecule has 1 aromatic heterocycles. The second-order valence-electron chi connectivity index (χ2n) is 6.43. The van der Waals surface area contributed by atoms with E-state index < -0.39 is 11.7 Å². The van der Waals surface area contributed by atoms with E-state index in [2.05, 4.69) is 4.98 Å². The Labute approximate surface area is 172 Å². The lowest BCUT2D eigenvalue weighted by Gasteiger charge is -2.23. The highest BCUT2D eigenvalue weighted by Crippen LogP contribution is 2.38. The monoisotopic (exact) mass is 433 g/mol. The number of anilines is 2. The molecule has 0 spiro atoms. The Bertz CT molecular complexity index is 895. The van der Waals surface area contributed by atoms with Crippen LogP contribution >= 0.6 is 24.0 Å². The van der Waals surface area contributed by atoms with Crippen molar-refractivity contribution in [3.8, 4) is 0 Å². The zero-order valence-corrected chi connectivity index (χ0v) is 16.9. The predicted octanol–water partition coefficient (Wildman–Crippen LogP) is 6.01. The predicted molar refractivity (Wildman–Crippen MR) is 108 cm³/mol. The lowest BCUT2D eigenvalue weighted by atomic mass is 10.1. The molecule has 9 heteroatoms. The van der Waals surface area contributed by atoms with Crippen molar-refractivity contribution in [2.75, 3.05) is 32.1 Å². The Morgan fingerprint density at radius 2 is 1.79 bits per heavy atom. The number of fused-ring (bicyclic) bond motifs is 1. The zero-order valence-electron chi connectivity index (χ0n) is 15.3. The van der Waals surface area contributed by atoms with Crippen LogP contribution < -0.4 is 4.90 Å². The average Bonchev–Trinajstić information content (AvgIpc) is 3.02. The van der Waals surface area contributed by atoms with E-state index in [0.717, 1.165) is 19.0 Å². The fourth-order valence-electron chi connectivity index (χ4n) is 2.75. The number of hydrogen-bond acceptors (Lipinski definition) is 4. The van der Waals surface area contributed by atoms with Crippen molar-refractivity contribution >= 4 is 46.8 Å². The van der Waals surface area contributed by atoms with Crippen molar-refractivity contribution in [3.05, 3.63) is 53.1 Å². The quantitative estimate of drug-likeness (QED) is 0.476. The van der Waals surface area contributed by atoms with E-state index in [1.807, 2.05) is 31.1 Å². The summed E-state index contributed by atoms with van der Waals surface area (Å²) in [6.45, 7) is 1.22. The van der Waals surface area contributed by atoms with Crippen LogP contribution in [0.2, 0.25) is 5.02 Å². The first-order valence-corrected chi connectivity index (χ1v) is 8.78. The highest BCUT2D eigenvalue weighted by Gasteiger charge is 2.34. The molecule has 0 bridgehead atoms. The van der Waals surface area contributed by atoms with E-state index in [1.54, 1.807) is 23.1 Å². The van der Waals surface area contributed by atoms with Gasteiger partial charge in [0.25, 0.3) is 0 Å². The van der Waals surface area contributed by atoms with Gasteiger partial charge in [0, 0.05) is 12.2 Å². The fourth-order valence-corrected chi connectivity index (χ4v) is 2.98. The van der Waals surface area contributed by atoms with E-state index in [0.29, 0.717) is 23.3 Å². The molecule has 3 rings (SSSR count). The highest BCUT2D eigenvalue weighted by atomic mass is 35.5. The van der Waals surface area contributed by atoms with E-state index in [4.69, 9.17) is 16.0 Å². The van der Waals surface area contributed by atoms with Gasteiger partial charge in [0.05, 0.1) is 10.6 Å². The minimum Gasteiger partial charge on any atom is -0.423 e. The highest BCUT2D eigenvalue weighted by molar-refractivity contribution is 6.31. The molecule has 3 aromatic rings. The van der Waals surface area contributed by atoms with Crippen LogP contribution in [0.25, 0.3) is 11.1 Å². The molecule has 0 N–H and O–H groups in total. The first kappa shape index (κ1) is 22.3. The second-order valence-corrected chi connectivity index (χ2v) is 6.84. The van der Waals surface area contributed by atoms with Crippen LogP contribution in [0.4, 0.5) is 24.9 Å². The van der Waals surface area contributed by atoms with Gasteiger partial charge in [-0.2, -0.15) is 18.2 Å². The van der Waals surface area contributed by atoms with Crippen molar-refractivity contribution in [2.45, 2.75) is 12.6 Å². The van der Waals surface area contributed by atoms with Gasteiger partial charge in [0.15, 0.2) is 5.58 Å². The Balaban J connectivity index is 0.00000280. The molecule has 0 amide bonds. The second kappa shape index (κ2) is 9.03. The van der Waals surface area contributed by atoms with Gasteiger partial charge in [0.2, 0.25) is 0 Å². The molecule has 0 saturated carbocycles. The molecular formula is C19H20Cl2F3N3O. The van der Waals surface area contributed by atoms with Crippen LogP contribution in [-0.4, -0.2) is 37.1 Å². The molecule has 1 heterocycles. The van der Waals surface area contributed by atoms with Crippen LogP contribution in [0.5, 0.6) is 0 Å². The van der Waals surface area contributed by atoms with E-state index in [1.165, 1.54) is 6.07 Å². The van der Waals surface area contributed by atoms with Crippen LogP contribution in [0.3, 0.4) is 0 Å². The molecule has 0 unspecified atom stereocenters. The summed E-state index contributed by atoms with van der Waals surface area (Å²) in [4.78, 5) is 8.09. The van der Waals surface area contributed by atoms with Gasteiger partial charge in [-0.3, -0.25) is 4.90 Å². The largest absolute Gasteiger partial charge is 0.423 e. The average molecular weight is 434 g/mol. The maximum atomic E-state index is 13.3. The summed E-state index contributed by atoms with van der Waals surface area (Å²) in [5, 5.41) is -0.336. The summed E-state index contributed by atoms with van der Waals surface area (Å²) >= 11 is 5.76. The number of nitrogens with zero attached hydrogens (tertiary/aromatic N) is 3. The first-order chi connectivity index (χ1) is 12.8. The van der Waals surface area contributed by atoms with E-state index in [9.17, 15) is 13.2 Å². The molecule has 4 nitrogen and oxygen atoms in total. The number of benzene rings is 2. The minimum absolute atomic E-state index is 0. The molecule has 0 aliphatic rings. The summed E-state index contributed by atoms with van der Waals surface area (Å²) in [5.41, 5.74) is 0.678. The molecule has 0 saturated heterocycles. The van der Waals surface area contributed by atoms with Gasteiger partial charge < -0.3 is 9.32 Å². The zero-order chi connectivity index (χ0) is 19.6. The van der Waals surface area contributed by atoms with Crippen molar-refractivity contribution in [1.29, 1.82) is 0 Å². The first-order valence-electron chi connectivity index (χ1n) is 8.40. The lowest BCUT2D eigenvalue weighted by Crippen LogP contribution is -2.23. The fraction of sp³-hybridized carbons (Fsp3) is 0.316. The van der Waals surface area contributed by atoms with Crippen LogP contribution in [0, 0.1) is 0 Å². The Morgan fingerprint density at radius 1 is 1.07 bits per heavy atom. The van der Waals surface area contributed by atoms with Crippen LogP contribution in [-0.2, 0) is 6.18 Å². The normalized spacial score (nSPS) is 11.7. The molecular weight excluding hydrogens is 414 g/mol. The van der Waals surface area contributed by atoms with E-state index >= 15 is 0 Å². The number of alkyl halides is 3. The van der Waals surface area contributed by atoms with Gasteiger partial charge >= 0.3 is 12.2 Å². The van der Waals surface area contributed by atoms with Gasteiger partial charge in [-0.15, -0.1) is 12.4 Å². The third-order valence-electron chi connectivity index (χ3n) is 4.07. The van der Waals surface area contributed by atoms with Gasteiger partial charge in [0.1, 0.15) is 5.52 Å². The number of oxazole rings is 1. The van der Waals surface area contributed by atoms with Gasteiger partial charge in [-0.1, -0.05) is 23.7 Å². The Morgan fingerprint density at radius 3 is 2.43 bits per heavy atom. The maximum Gasteiger partial charge on any atom is 0.417 e. The number of halogens is 5. The smallest absolute Gasteiger partial charge is 0.417 e. The molecule has 28 heavy (non-hydrogen) atoms. The molecule has 0 aliphatic carbocycles. The summed E-state index contributed by atoms with van der Waals surface area (Å²) in [6, 6.07) is 11.3. The lowest BCUT2D eigenvalue weighted by molar-refractivity contribution is -0.137. The van der Waals surface area contributed by atoms with Crippen LogP contribution in [0.15, 0.2) is 46.9 Å². The number of para-hydroxylation sites is 2. The van der Waals surface area contributed by atoms with Crippen molar-refractivity contribution in [3.63, 3.8) is 0 Å². The third-order valence-corrected chi connectivity index (χ3v) is 4.40. The summed E-state index contributed by atoms with van der Waals surface area (Å²) < 4.78 is 45.6. The number of aromatic nitrogens is 1. The molecule has 2 aromatic carbocycles. The Hall–Kier alpha value is -1.96. The summed E-state index contributed by atoms with van der Waals surface area (Å²) in [5.74, 6) is 0. The van der Waals surface area contributed by atoms with E-state index in [-0.39, 0.29) is 23.4 Å². The molecule has 152 valence electrons. The minimum atomic E-state index is -4.54. The SMILES string of the molecule is CN(C)CCCN(c1ccc(Cl)c(C(F)(F)F)c1)c1nc2ccccc2o1.Cl. The molecule has 0 radical (unpaired) electrons. The Kier molecular flexibility index (Phi) is 7.20. The van der Waals surface area contributed by atoms with Crippen molar-refractivity contribution < 1.29 is 17.6 Å². The van der Waals surface area contributed by atoms with Gasteiger partial charge in [-0.05, 0) is 57.4 Å². The molecule has 0 aliphatic heterocycles.